The van der Waals surface area contributed by atoms with Crippen molar-refractivity contribution < 1.29 is 4.39 Å². The summed E-state index contributed by atoms with van der Waals surface area (Å²) in [5.74, 6) is 0.937. The summed E-state index contributed by atoms with van der Waals surface area (Å²) < 4.78 is 13.5. The third kappa shape index (κ3) is 2.70. The van der Waals surface area contributed by atoms with E-state index in [9.17, 15) is 4.39 Å². The molecule has 1 saturated carbocycles. The van der Waals surface area contributed by atoms with Crippen LogP contribution in [0.15, 0.2) is 18.2 Å². The summed E-state index contributed by atoms with van der Waals surface area (Å²) in [6, 6.07) is 4.88. The van der Waals surface area contributed by atoms with Crippen LogP contribution in [-0.2, 0) is 6.42 Å². The highest BCUT2D eigenvalue weighted by Crippen LogP contribution is 2.38. The van der Waals surface area contributed by atoms with Crippen LogP contribution in [0.2, 0.25) is 5.02 Å². The van der Waals surface area contributed by atoms with E-state index in [0.717, 1.165) is 12.0 Å². The summed E-state index contributed by atoms with van der Waals surface area (Å²) in [4.78, 5) is 0. The molecule has 1 aliphatic rings. The van der Waals surface area contributed by atoms with Crippen LogP contribution in [0, 0.1) is 17.7 Å². The molecule has 1 aliphatic carbocycles. The zero-order chi connectivity index (χ0) is 10.8. The maximum Gasteiger partial charge on any atom is 0.127 e. The number of benzene rings is 1. The van der Waals surface area contributed by atoms with E-state index in [4.69, 9.17) is 17.3 Å². The van der Waals surface area contributed by atoms with Crippen molar-refractivity contribution >= 4 is 11.6 Å². The minimum atomic E-state index is -0.207. The van der Waals surface area contributed by atoms with E-state index in [1.807, 2.05) is 0 Å². The second-order valence-corrected chi connectivity index (χ2v) is 4.71. The van der Waals surface area contributed by atoms with Crippen LogP contribution < -0.4 is 5.73 Å². The smallest absolute Gasteiger partial charge is 0.127 e. The Kier molecular flexibility index (Phi) is 3.27. The van der Waals surface area contributed by atoms with Gasteiger partial charge in [0.05, 0.1) is 0 Å². The summed E-state index contributed by atoms with van der Waals surface area (Å²) in [6.45, 7) is 0.646. The summed E-state index contributed by atoms with van der Waals surface area (Å²) in [6.07, 6.45) is 3.23. The molecule has 0 heterocycles. The SMILES string of the molecule is NCC(Cc1ccc(Cl)cc1F)C1CC1. The zero-order valence-electron chi connectivity index (χ0n) is 8.55. The number of nitrogens with two attached hydrogens (primary N) is 1. The average Bonchev–Trinajstić information content (AvgIpc) is 3.00. The number of halogens is 2. The molecule has 1 atom stereocenters. The fraction of sp³-hybridized carbons (Fsp3) is 0.500. The van der Waals surface area contributed by atoms with Crippen molar-refractivity contribution in [1.82, 2.24) is 0 Å². The van der Waals surface area contributed by atoms with Crippen LogP contribution in [0.3, 0.4) is 0 Å². The lowest BCUT2D eigenvalue weighted by molar-refractivity contribution is 0.459. The monoisotopic (exact) mass is 227 g/mol. The maximum absolute atomic E-state index is 13.5. The zero-order valence-corrected chi connectivity index (χ0v) is 9.30. The predicted octanol–water partition coefficient (Wildman–Crippen LogP) is 3.01. The number of rotatable bonds is 4. The van der Waals surface area contributed by atoms with Gasteiger partial charge in [-0.3, -0.25) is 0 Å². The fourth-order valence-corrected chi connectivity index (χ4v) is 2.14. The molecule has 82 valence electrons. The van der Waals surface area contributed by atoms with Gasteiger partial charge in [0.15, 0.2) is 0 Å². The van der Waals surface area contributed by atoms with Crippen LogP contribution >= 0.6 is 11.6 Å². The van der Waals surface area contributed by atoms with E-state index in [-0.39, 0.29) is 5.82 Å². The Morgan fingerprint density at radius 1 is 1.47 bits per heavy atom. The number of hydrogen-bond acceptors (Lipinski definition) is 1. The Hall–Kier alpha value is -0.600. The van der Waals surface area contributed by atoms with E-state index in [0.29, 0.717) is 23.4 Å². The lowest BCUT2D eigenvalue weighted by Crippen LogP contribution is -2.19. The second kappa shape index (κ2) is 4.50. The Balaban J connectivity index is 2.08. The van der Waals surface area contributed by atoms with Gasteiger partial charge < -0.3 is 5.73 Å². The van der Waals surface area contributed by atoms with Crippen molar-refractivity contribution in [1.29, 1.82) is 0 Å². The largest absolute Gasteiger partial charge is 0.330 e. The summed E-state index contributed by atoms with van der Waals surface area (Å²) in [7, 11) is 0. The van der Waals surface area contributed by atoms with E-state index in [1.165, 1.54) is 18.9 Å². The first-order valence-corrected chi connectivity index (χ1v) is 5.72. The van der Waals surface area contributed by atoms with Gasteiger partial charge in [-0.1, -0.05) is 17.7 Å². The first-order chi connectivity index (χ1) is 7.20. The first kappa shape index (κ1) is 10.9. The average molecular weight is 228 g/mol. The van der Waals surface area contributed by atoms with Crippen LogP contribution in [-0.4, -0.2) is 6.54 Å². The molecule has 1 aromatic carbocycles. The van der Waals surface area contributed by atoms with Gasteiger partial charge >= 0.3 is 0 Å². The Bertz CT molecular complexity index is 349. The minimum absolute atomic E-state index is 0.207. The Morgan fingerprint density at radius 2 is 2.20 bits per heavy atom. The molecule has 0 saturated heterocycles. The quantitative estimate of drug-likeness (QED) is 0.841. The summed E-state index contributed by atoms with van der Waals surface area (Å²) in [5, 5.41) is 0.451. The highest BCUT2D eigenvalue weighted by molar-refractivity contribution is 6.30. The molecule has 2 rings (SSSR count). The molecule has 1 aromatic rings. The van der Waals surface area contributed by atoms with Crippen molar-refractivity contribution in [2.24, 2.45) is 17.6 Å². The van der Waals surface area contributed by atoms with Gasteiger partial charge in [-0.25, -0.2) is 4.39 Å². The Morgan fingerprint density at radius 3 is 2.73 bits per heavy atom. The third-order valence-corrected chi connectivity index (χ3v) is 3.32. The van der Waals surface area contributed by atoms with Gasteiger partial charge in [0.1, 0.15) is 5.82 Å². The van der Waals surface area contributed by atoms with Gasteiger partial charge in [-0.15, -0.1) is 0 Å². The standard InChI is InChI=1S/C12H15ClFN/c13-11-4-3-9(12(14)6-11)5-10(7-15)8-1-2-8/h3-4,6,8,10H,1-2,5,7,15H2. The van der Waals surface area contributed by atoms with Crippen molar-refractivity contribution in [3.8, 4) is 0 Å². The van der Waals surface area contributed by atoms with Gasteiger partial charge in [-0.05, 0) is 55.3 Å². The molecule has 0 aliphatic heterocycles. The van der Waals surface area contributed by atoms with E-state index in [2.05, 4.69) is 0 Å². The molecule has 0 radical (unpaired) electrons. The molecule has 0 amide bonds. The molecule has 15 heavy (non-hydrogen) atoms. The summed E-state index contributed by atoms with van der Waals surface area (Å²) in [5.41, 5.74) is 6.43. The second-order valence-electron chi connectivity index (χ2n) is 4.27. The predicted molar refractivity (Wildman–Crippen MR) is 60.4 cm³/mol. The maximum atomic E-state index is 13.5. The van der Waals surface area contributed by atoms with E-state index < -0.39 is 0 Å². The first-order valence-electron chi connectivity index (χ1n) is 5.34. The molecule has 1 unspecified atom stereocenters. The van der Waals surface area contributed by atoms with Gasteiger partial charge in [0.25, 0.3) is 0 Å². The highest BCUT2D eigenvalue weighted by atomic mass is 35.5. The van der Waals surface area contributed by atoms with Gasteiger partial charge in [-0.2, -0.15) is 0 Å². The lowest BCUT2D eigenvalue weighted by atomic mass is 9.95. The van der Waals surface area contributed by atoms with Crippen LogP contribution in [0.1, 0.15) is 18.4 Å². The van der Waals surface area contributed by atoms with Crippen molar-refractivity contribution in [2.75, 3.05) is 6.54 Å². The van der Waals surface area contributed by atoms with Gasteiger partial charge in [0.2, 0.25) is 0 Å². The minimum Gasteiger partial charge on any atom is -0.330 e. The topological polar surface area (TPSA) is 26.0 Å². The van der Waals surface area contributed by atoms with Crippen molar-refractivity contribution in [3.63, 3.8) is 0 Å². The molecule has 1 fully saturated rings. The summed E-state index contributed by atoms with van der Waals surface area (Å²) >= 11 is 5.70. The Labute approximate surface area is 94.4 Å². The van der Waals surface area contributed by atoms with Crippen LogP contribution in [0.4, 0.5) is 4.39 Å². The molecule has 0 bridgehead atoms. The van der Waals surface area contributed by atoms with E-state index in [1.54, 1.807) is 12.1 Å². The van der Waals surface area contributed by atoms with Crippen molar-refractivity contribution in [3.05, 3.63) is 34.6 Å². The molecule has 2 N–H and O–H groups in total. The molecule has 0 spiro atoms. The van der Waals surface area contributed by atoms with Crippen molar-refractivity contribution in [2.45, 2.75) is 19.3 Å². The van der Waals surface area contributed by atoms with Crippen LogP contribution in [0.5, 0.6) is 0 Å². The van der Waals surface area contributed by atoms with Gasteiger partial charge in [0, 0.05) is 5.02 Å². The molecule has 3 heteroatoms. The normalized spacial score (nSPS) is 17.8. The van der Waals surface area contributed by atoms with Crippen LogP contribution in [0.25, 0.3) is 0 Å². The molecule has 1 nitrogen and oxygen atoms in total. The fourth-order valence-electron chi connectivity index (χ4n) is 1.98. The van der Waals surface area contributed by atoms with E-state index >= 15 is 0 Å². The highest BCUT2D eigenvalue weighted by Gasteiger charge is 2.30. The third-order valence-electron chi connectivity index (χ3n) is 3.09. The molecular formula is C12H15ClFN. The molecule has 0 aromatic heterocycles. The molecular weight excluding hydrogens is 213 g/mol. The number of hydrogen-bond donors (Lipinski definition) is 1. The lowest BCUT2D eigenvalue weighted by Gasteiger charge is -2.14.